The topological polar surface area (TPSA) is 105 Å². The van der Waals surface area contributed by atoms with E-state index in [9.17, 15) is 9.59 Å². The Morgan fingerprint density at radius 1 is 1.50 bits per heavy atom. The molecule has 0 fully saturated rings. The third-order valence-electron chi connectivity index (χ3n) is 2.81. The summed E-state index contributed by atoms with van der Waals surface area (Å²) in [4.78, 5) is 27.5. The van der Waals surface area contributed by atoms with E-state index in [0.29, 0.717) is 5.69 Å². The van der Waals surface area contributed by atoms with Gasteiger partial charge in [-0.1, -0.05) is 17.7 Å². The Balaban J connectivity index is 2.13. The zero-order chi connectivity index (χ0) is 16.3. The molecule has 2 rings (SSSR count). The Bertz CT molecular complexity index is 715. The minimum atomic E-state index is -1.16. The van der Waals surface area contributed by atoms with Gasteiger partial charge >= 0.3 is 5.97 Å². The predicted octanol–water partition coefficient (Wildman–Crippen LogP) is 2.70. The molecule has 1 aromatic carbocycles. The van der Waals surface area contributed by atoms with Crippen molar-refractivity contribution in [3.8, 4) is 0 Å². The first-order valence-corrected chi connectivity index (χ1v) is 7.65. The number of hydrogen-bond donors (Lipinski definition) is 3. The molecule has 2 aromatic rings. The van der Waals surface area contributed by atoms with Crippen molar-refractivity contribution in [3.63, 3.8) is 0 Å². The summed E-state index contributed by atoms with van der Waals surface area (Å²) in [6.45, 7) is 1.81. The van der Waals surface area contributed by atoms with E-state index in [1.54, 1.807) is 5.38 Å². The number of rotatable bonds is 5. The van der Waals surface area contributed by atoms with Gasteiger partial charge in [-0.05, 0) is 19.1 Å². The number of amides is 1. The number of carboxylic acids is 1. The highest BCUT2D eigenvalue weighted by atomic mass is 35.5. The molecular formula is C14H14ClN3O3S. The molecule has 0 aliphatic carbocycles. The Kier molecular flexibility index (Phi) is 5.12. The Morgan fingerprint density at radius 3 is 2.82 bits per heavy atom. The highest BCUT2D eigenvalue weighted by Crippen LogP contribution is 2.26. The first-order chi connectivity index (χ1) is 10.4. The maximum atomic E-state index is 12.1. The molecule has 22 heavy (non-hydrogen) atoms. The first-order valence-electron chi connectivity index (χ1n) is 6.40. The fourth-order valence-corrected chi connectivity index (χ4v) is 2.79. The summed E-state index contributed by atoms with van der Waals surface area (Å²) < 4.78 is 0. The van der Waals surface area contributed by atoms with Crippen LogP contribution in [0.25, 0.3) is 0 Å². The number of carbonyl (C=O) groups excluding carboxylic acids is 1. The third kappa shape index (κ3) is 3.82. The van der Waals surface area contributed by atoms with Crippen molar-refractivity contribution in [1.82, 2.24) is 4.98 Å². The van der Waals surface area contributed by atoms with Crippen molar-refractivity contribution >= 4 is 40.5 Å². The summed E-state index contributed by atoms with van der Waals surface area (Å²) in [5, 5.41) is 14.3. The summed E-state index contributed by atoms with van der Waals surface area (Å²) >= 11 is 7.34. The Labute approximate surface area is 135 Å². The van der Waals surface area contributed by atoms with Gasteiger partial charge in [-0.15, -0.1) is 11.3 Å². The monoisotopic (exact) mass is 339 g/mol. The smallest absolute Gasteiger partial charge is 0.337 e. The highest BCUT2D eigenvalue weighted by molar-refractivity contribution is 7.09. The SMILES string of the molecule is CC(N)c1nc(CC(=O)Nc2c(Cl)cccc2C(=O)O)cs1. The zero-order valence-corrected chi connectivity index (χ0v) is 13.2. The zero-order valence-electron chi connectivity index (χ0n) is 11.7. The van der Waals surface area contributed by atoms with Gasteiger partial charge in [-0.3, -0.25) is 4.79 Å². The number of aromatic carboxylic acids is 1. The van der Waals surface area contributed by atoms with E-state index in [0.717, 1.165) is 5.01 Å². The van der Waals surface area contributed by atoms with Crippen LogP contribution in [0.15, 0.2) is 23.6 Å². The maximum Gasteiger partial charge on any atom is 0.337 e. The Hall–Kier alpha value is -1.96. The van der Waals surface area contributed by atoms with E-state index in [4.69, 9.17) is 22.4 Å². The van der Waals surface area contributed by atoms with Crippen LogP contribution in [0.1, 0.15) is 34.0 Å². The third-order valence-corrected chi connectivity index (χ3v) is 4.22. The molecular weight excluding hydrogens is 326 g/mol. The number of hydrogen-bond acceptors (Lipinski definition) is 5. The number of nitrogens with zero attached hydrogens (tertiary/aromatic N) is 1. The fourth-order valence-electron chi connectivity index (χ4n) is 1.79. The molecule has 1 heterocycles. The van der Waals surface area contributed by atoms with Gasteiger partial charge in [0, 0.05) is 5.38 Å². The van der Waals surface area contributed by atoms with Crippen molar-refractivity contribution in [3.05, 3.63) is 44.9 Å². The second kappa shape index (κ2) is 6.87. The largest absolute Gasteiger partial charge is 0.478 e. The molecule has 0 saturated carbocycles. The van der Waals surface area contributed by atoms with Gasteiger partial charge in [0.2, 0.25) is 5.91 Å². The van der Waals surface area contributed by atoms with Gasteiger partial charge in [-0.2, -0.15) is 0 Å². The molecule has 0 bridgehead atoms. The quantitative estimate of drug-likeness (QED) is 0.776. The summed E-state index contributed by atoms with van der Waals surface area (Å²) in [5.74, 6) is -1.55. The first kappa shape index (κ1) is 16.4. The number of halogens is 1. The molecule has 0 spiro atoms. The van der Waals surface area contributed by atoms with Gasteiger partial charge in [-0.25, -0.2) is 9.78 Å². The number of carboxylic acid groups (broad SMARTS) is 1. The molecule has 1 unspecified atom stereocenters. The van der Waals surface area contributed by atoms with Crippen LogP contribution in [0, 0.1) is 0 Å². The van der Waals surface area contributed by atoms with E-state index in [-0.39, 0.29) is 28.7 Å². The molecule has 8 heteroatoms. The second-order valence-corrected chi connectivity index (χ2v) is 5.96. The van der Waals surface area contributed by atoms with Crippen LogP contribution in [0.2, 0.25) is 5.02 Å². The number of nitrogens with one attached hydrogen (secondary N) is 1. The second-order valence-electron chi connectivity index (χ2n) is 4.66. The predicted molar refractivity (Wildman–Crippen MR) is 85.5 cm³/mol. The number of para-hydroxylation sites is 1. The minimum Gasteiger partial charge on any atom is -0.478 e. The van der Waals surface area contributed by atoms with Crippen LogP contribution < -0.4 is 11.1 Å². The van der Waals surface area contributed by atoms with Crippen LogP contribution in [-0.4, -0.2) is 22.0 Å². The normalized spacial score (nSPS) is 12.0. The van der Waals surface area contributed by atoms with E-state index in [1.807, 2.05) is 6.92 Å². The standard InChI is InChI=1S/C14H14ClN3O3S/c1-7(16)13-17-8(6-22-13)5-11(19)18-12-9(14(20)21)3-2-4-10(12)15/h2-4,6-7H,5,16H2,1H3,(H,18,19)(H,20,21). The minimum absolute atomic E-state index is 0.0213. The molecule has 1 aromatic heterocycles. The lowest BCUT2D eigenvalue weighted by Gasteiger charge is -2.09. The molecule has 0 aliphatic heterocycles. The highest BCUT2D eigenvalue weighted by Gasteiger charge is 2.16. The van der Waals surface area contributed by atoms with Crippen molar-refractivity contribution in [1.29, 1.82) is 0 Å². The molecule has 4 N–H and O–H groups in total. The molecule has 1 atom stereocenters. The Morgan fingerprint density at radius 2 is 2.23 bits per heavy atom. The van der Waals surface area contributed by atoms with Gasteiger partial charge in [0.1, 0.15) is 5.01 Å². The van der Waals surface area contributed by atoms with Gasteiger partial charge in [0.15, 0.2) is 0 Å². The van der Waals surface area contributed by atoms with Crippen molar-refractivity contribution in [2.45, 2.75) is 19.4 Å². The fraction of sp³-hybridized carbons (Fsp3) is 0.214. The van der Waals surface area contributed by atoms with Crippen molar-refractivity contribution in [2.24, 2.45) is 5.73 Å². The van der Waals surface area contributed by atoms with E-state index < -0.39 is 11.9 Å². The van der Waals surface area contributed by atoms with Crippen molar-refractivity contribution in [2.75, 3.05) is 5.32 Å². The molecule has 0 aliphatic rings. The maximum absolute atomic E-state index is 12.1. The van der Waals surface area contributed by atoms with Crippen LogP contribution in [0.5, 0.6) is 0 Å². The average Bonchev–Trinajstić information content (AvgIpc) is 2.89. The van der Waals surface area contributed by atoms with Gasteiger partial charge < -0.3 is 16.2 Å². The lowest BCUT2D eigenvalue weighted by molar-refractivity contribution is -0.115. The number of anilines is 1. The summed E-state index contributed by atoms with van der Waals surface area (Å²) in [6, 6.07) is 4.21. The lowest BCUT2D eigenvalue weighted by atomic mass is 10.1. The van der Waals surface area contributed by atoms with Crippen LogP contribution in [-0.2, 0) is 11.2 Å². The van der Waals surface area contributed by atoms with E-state index >= 15 is 0 Å². The average molecular weight is 340 g/mol. The van der Waals surface area contributed by atoms with Crippen LogP contribution in [0.3, 0.4) is 0 Å². The van der Waals surface area contributed by atoms with Crippen LogP contribution in [0.4, 0.5) is 5.69 Å². The molecule has 116 valence electrons. The lowest BCUT2D eigenvalue weighted by Crippen LogP contribution is -2.17. The molecule has 0 radical (unpaired) electrons. The summed E-state index contributed by atoms with van der Waals surface area (Å²) in [7, 11) is 0. The number of benzene rings is 1. The number of carbonyl (C=O) groups is 2. The van der Waals surface area contributed by atoms with Crippen molar-refractivity contribution < 1.29 is 14.7 Å². The summed E-state index contributed by atoms with van der Waals surface area (Å²) in [6.07, 6.45) is 0.0213. The van der Waals surface area contributed by atoms with Crippen LogP contribution >= 0.6 is 22.9 Å². The van der Waals surface area contributed by atoms with Gasteiger partial charge in [0.25, 0.3) is 0 Å². The van der Waals surface area contributed by atoms with Gasteiger partial charge in [0.05, 0.1) is 34.4 Å². The number of thiazole rings is 1. The van der Waals surface area contributed by atoms with E-state index in [2.05, 4.69) is 10.3 Å². The summed E-state index contributed by atoms with van der Waals surface area (Å²) in [5.41, 5.74) is 6.33. The molecule has 1 amide bonds. The van der Waals surface area contributed by atoms with E-state index in [1.165, 1.54) is 29.5 Å². The number of aromatic nitrogens is 1. The number of nitrogens with two attached hydrogens (primary N) is 1. The molecule has 6 nitrogen and oxygen atoms in total. The molecule has 0 saturated heterocycles.